The van der Waals surface area contributed by atoms with Crippen LogP contribution in [0.15, 0.2) is 12.1 Å². The number of hydrogen-bond acceptors (Lipinski definition) is 1. The van der Waals surface area contributed by atoms with Crippen molar-refractivity contribution in [3.8, 4) is 0 Å². The highest BCUT2D eigenvalue weighted by molar-refractivity contribution is 5.75. The Labute approximate surface area is 89.9 Å². The summed E-state index contributed by atoms with van der Waals surface area (Å²) in [5.41, 5.74) is 4.99. The average Bonchev–Trinajstić information content (AvgIpc) is 2.90. The van der Waals surface area contributed by atoms with E-state index >= 15 is 0 Å². The van der Waals surface area contributed by atoms with Gasteiger partial charge in [0.2, 0.25) is 0 Å². The predicted octanol–water partition coefficient (Wildman–Crippen LogP) is 2.80. The summed E-state index contributed by atoms with van der Waals surface area (Å²) in [5.74, 6) is -0.551. The van der Waals surface area contributed by atoms with Gasteiger partial charge in [-0.25, -0.2) is 0 Å². The van der Waals surface area contributed by atoms with Crippen molar-refractivity contribution in [3.05, 3.63) is 34.4 Å². The normalized spacial score (nSPS) is 23.9. The molecule has 2 rings (SSSR count). The highest BCUT2D eigenvalue weighted by Crippen LogP contribution is 2.48. The van der Waals surface area contributed by atoms with Crippen molar-refractivity contribution in [1.29, 1.82) is 0 Å². The standard InChI is InChI=1S/C13H16O2/c1-7-4-9(3)10(5-8(7)2)11-6-12(11)13(14)15/h4-5,11-12H,6H2,1-3H3,(H,14,15). The third-order valence-electron chi connectivity index (χ3n) is 3.39. The Balaban J connectivity index is 2.31. The zero-order valence-corrected chi connectivity index (χ0v) is 9.37. The molecule has 1 aliphatic carbocycles. The number of aryl methyl sites for hydroxylation is 3. The Bertz CT molecular complexity index is 421. The van der Waals surface area contributed by atoms with Gasteiger partial charge in [-0.1, -0.05) is 12.1 Å². The number of carboxylic acids is 1. The lowest BCUT2D eigenvalue weighted by molar-refractivity contribution is -0.138. The van der Waals surface area contributed by atoms with Gasteiger partial charge in [0.1, 0.15) is 0 Å². The third-order valence-corrected chi connectivity index (χ3v) is 3.39. The summed E-state index contributed by atoms with van der Waals surface area (Å²) in [5, 5.41) is 8.90. The van der Waals surface area contributed by atoms with Gasteiger partial charge >= 0.3 is 5.97 Å². The van der Waals surface area contributed by atoms with E-state index in [1.165, 1.54) is 22.3 Å². The Morgan fingerprint density at radius 1 is 1.20 bits per heavy atom. The van der Waals surface area contributed by atoms with Crippen LogP contribution in [0.3, 0.4) is 0 Å². The maximum absolute atomic E-state index is 10.8. The summed E-state index contributed by atoms with van der Waals surface area (Å²) in [7, 11) is 0. The van der Waals surface area contributed by atoms with Gasteiger partial charge in [0.15, 0.2) is 0 Å². The molecule has 2 unspecified atom stereocenters. The molecule has 1 fully saturated rings. The smallest absolute Gasteiger partial charge is 0.307 e. The molecule has 1 aromatic rings. The first kappa shape index (κ1) is 10.2. The highest BCUT2D eigenvalue weighted by Gasteiger charge is 2.44. The first-order valence-corrected chi connectivity index (χ1v) is 5.31. The van der Waals surface area contributed by atoms with E-state index < -0.39 is 5.97 Å². The van der Waals surface area contributed by atoms with E-state index in [4.69, 9.17) is 5.11 Å². The summed E-state index contributed by atoms with van der Waals surface area (Å²) in [6, 6.07) is 4.31. The van der Waals surface area contributed by atoms with Crippen molar-refractivity contribution in [3.63, 3.8) is 0 Å². The third kappa shape index (κ3) is 1.76. The molecule has 1 N–H and O–H groups in total. The largest absolute Gasteiger partial charge is 0.481 e. The van der Waals surface area contributed by atoms with Crippen molar-refractivity contribution < 1.29 is 9.90 Å². The van der Waals surface area contributed by atoms with Gasteiger partial charge in [0, 0.05) is 0 Å². The lowest BCUT2D eigenvalue weighted by Gasteiger charge is -2.08. The molecule has 15 heavy (non-hydrogen) atoms. The van der Waals surface area contributed by atoms with Crippen LogP contribution in [0.4, 0.5) is 0 Å². The van der Waals surface area contributed by atoms with E-state index in [1.54, 1.807) is 0 Å². The average molecular weight is 204 g/mol. The molecule has 0 bridgehead atoms. The second kappa shape index (κ2) is 3.37. The minimum absolute atomic E-state index is 0.147. The van der Waals surface area contributed by atoms with Crippen LogP contribution >= 0.6 is 0 Å². The zero-order chi connectivity index (χ0) is 11.2. The summed E-state index contributed by atoms with van der Waals surface area (Å²) < 4.78 is 0. The maximum Gasteiger partial charge on any atom is 0.307 e. The molecule has 0 amide bonds. The molecule has 0 spiro atoms. The lowest BCUT2D eigenvalue weighted by Crippen LogP contribution is -2.00. The van der Waals surface area contributed by atoms with Crippen molar-refractivity contribution in [1.82, 2.24) is 0 Å². The quantitative estimate of drug-likeness (QED) is 0.804. The van der Waals surface area contributed by atoms with Gasteiger partial charge in [0.25, 0.3) is 0 Å². The van der Waals surface area contributed by atoms with Crippen LogP contribution in [0, 0.1) is 26.7 Å². The fourth-order valence-electron chi connectivity index (χ4n) is 2.19. The highest BCUT2D eigenvalue weighted by atomic mass is 16.4. The van der Waals surface area contributed by atoms with E-state index in [0.717, 1.165) is 6.42 Å². The molecule has 2 heteroatoms. The van der Waals surface area contributed by atoms with E-state index in [2.05, 4.69) is 32.9 Å². The predicted molar refractivity (Wildman–Crippen MR) is 59.1 cm³/mol. The van der Waals surface area contributed by atoms with E-state index in [1.807, 2.05) is 0 Å². The molecule has 2 atom stereocenters. The molecule has 1 aromatic carbocycles. The number of benzene rings is 1. The van der Waals surface area contributed by atoms with Crippen LogP contribution in [-0.4, -0.2) is 11.1 Å². The molecule has 0 aromatic heterocycles. The lowest BCUT2D eigenvalue weighted by atomic mass is 9.97. The Morgan fingerprint density at radius 2 is 1.80 bits per heavy atom. The monoisotopic (exact) mass is 204 g/mol. The number of hydrogen-bond donors (Lipinski definition) is 1. The van der Waals surface area contributed by atoms with Crippen LogP contribution in [-0.2, 0) is 4.79 Å². The van der Waals surface area contributed by atoms with Crippen molar-refractivity contribution in [2.45, 2.75) is 33.1 Å². The van der Waals surface area contributed by atoms with Crippen LogP contribution in [0.1, 0.15) is 34.6 Å². The first-order valence-electron chi connectivity index (χ1n) is 5.31. The molecule has 2 nitrogen and oxygen atoms in total. The molecule has 0 heterocycles. The Morgan fingerprint density at radius 3 is 2.33 bits per heavy atom. The second-order valence-corrected chi connectivity index (χ2v) is 4.58. The van der Waals surface area contributed by atoms with Gasteiger partial charge in [-0.3, -0.25) is 4.79 Å². The molecule has 1 aliphatic rings. The molecule has 80 valence electrons. The van der Waals surface area contributed by atoms with Gasteiger partial charge in [-0.05, 0) is 55.4 Å². The number of rotatable bonds is 2. The van der Waals surface area contributed by atoms with E-state index in [9.17, 15) is 4.79 Å². The summed E-state index contributed by atoms with van der Waals surface area (Å²) in [4.78, 5) is 10.8. The Hall–Kier alpha value is -1.31. The van der Waals surface area contributed by atoms with Crippen molar-refractivity contribution in [2.24, 2.45) is 5.92 Å². The van der Waals surface area contributed by atoms with Crippen molar-refractivity contribution in [2.75, 3.05) is 0 Å². The number of carbonyl (C=O) groups is 1. The van der Waals surface area contributed by atoms with E-state index in [-0.39, 0.29) is 11.8 Å². The minimum atomic E-state index is -0.655. The maximum atomic E-state index is 10.8. The summed E-state index contributed by atoms with van der Waals surface area (Å²) >= 11 is 0. The Kier molecular flexibility index (Phi) is 2.29. The molecule has 0 radical (unpaired) electrons. The van der Waals surface area contributed by atoms with Gasteiger partial charge in [-0.15, -0.1) is 0 Å². The van der Waals surface area contributed by atoms with Crippen LogP contribution < -0.4 is 0 Å². The molecule has 0 saturated heterocycles. The minimum Gasteiger partial charge on any atom is -0.481 e. The summed E-state index contributed by atoms with van der Waals surface area (Å²) in [6.45, 7) is 6.24. The summed E-state index contributed by atoms with van der Waals surface area (Å²) in [6.07, 6.45) is 0.804. The number of carboxylic acid groups (broad SMARTS) is 1. The molecule has 1 saturated carbocycles. The van der Waals surface area contributed by atoms with Crippen LogP contribution in [0.5, 0.6) is 0 Å². The van der Waals surface area contributed by atoms with E-state index in [0.29, 0.717) is 0 Å². The van der Waals surface area contributed by atoms with Gasteiger partial charge in [-0.2, -0.15) is 0 Å². The van der Waals surface area contributed by atoms with Gasteiger partial charge < -0.3 is 5.11 Å². The van der Waals surface area contributed by atoms with Crippen LogP contribution in [0.2, 0.25) is 0 Å². The second-order valence-electron chi connectivity index (χ2n) is 4.58. The fourth-order valence-corrected chi connectivity index (χ4v) is 2.19. The topological polar surface area (TPSA) is 37.3 Å². The SMILES string of the molecule is Cc1cc(C)c(C2CC2C(=O)O)cc1C. The first-order chi connectivity index (χ1) is 7.00. The van der Waals surface area contributed by atoms with Crippen molar-refractivity contribution >= 4 is 5.97 Å². The molecule has 0 aliphatic heterocycles. The number of aliphatic carboxylic acids is 1. The molecular weight excluding hydrogens is 188 g/mol. The van der Waals surface area contributed by atoms with Crippen LogP contribution in [0.25, 0.3) is 0 Å². The zero-order valence-electron chi connectivity index (χ0n) is 9.37. The van der Waals surface area contributed by atoms with Gasteiger partial charge in [0.05, 0.1) is 5.92 Å². The fraction of sp³-hybridized carbons (Fsp3) is 0.462. The molecular formula is C13H16O2.